The lowest BCUT2D eigenvalue weighted by Gasteiger charge is -2.20. The molecule has 1 aromatic carbocycles. The van der Waals surface area contributed by atoms with Crippen LogP contribution in [0.5, 0.6) is 11.5 Å². The number of benzene rings is 1. The minimum atomic E-state index is 0.151. The molecule has 1 fully saturated rings. The summed E-state index contributed by atoms with van der Waals surface area (Å²) in [5, 5.41) is 0. The molecular formula is C14H14O3. The van der Waals surface area contributed by atoms with E-state index in [-0.39, 0.29) is 11.7 Å². The quantitative estimate of drug-likeness (QED) is 0.695. The predicted octanol–water partition coefficient (Wildman–Crippen LogP) is 2.46. The molecule has 0 amide bonds. The van der Waals surface area contributed by atoms with Crippen LogP contribution in [-0.4, -0.2) is 19.0 Å². The number of hydrogen-bond donors (Lipinski definition) is 0. The third-order valence-corrected chi connectivity index (χ3v) is 3.41. The van der Waals surface area contributed by atoms with Gasteiger partial charge >= 0.3 is 0 Å². The van der Waals surface area contributed by atoms with Gasteiger partial charge in [0.2, 0.25) is 0 Å². The van der Waals surface area contributed by atoms with Crippen LogP contribution in [0.3, 0.4) is 0 Å². The number of ketones is 1. The molecule has 3 rings (SSSR count). The highest BCUT2D eigenvalue weighted by molar-refractivity contribution is 5.98. The molecule has 0 spiro atoms. The van der Waals surface area contributed by atoms with E-state index in [1.54, 1.807) is 0 Å². The fourth-order valence-electron chi connectivity index (χ4n) is 2.45. The first kappa shape index (κ1) is 10.4. The molecule has 2 aliphatic rings. The molecule has 0 saturated heterocycles. The van der Waals surface area contributed by atoms with Crippen molar-refractivity contribution < 1.29 is 14.3 Å². The van der Waals surface area contributed by atoms with Crippen molar-refractivity contribution in [2.24, 2.45) is 0 Å². The molecule has 1 atom stereocenters. The molecule has 1 heterocycles. The summed E-state index contributed by atoms with van der Waals surface area (Å²) in [6.07, 6.45) is 1.47. The van der Waals surface area contributed by atoms with Gasteiger partial charge in [0.05, 0.1) is 0 Å². The molecule has 3 heteroatoms. The largest absolute Gasteiger partial charge is 0.486 e. The molecule has 1 saturated carbocycles. The molecule has 0 bridgehead atoms. The average molecular weight is 230 g/mol. The molecule has 88 valence electrons. The van der Waals surface area contributed by atoms with Gasteiger partial charge in [-0.3, -0.25) is 4.79 Å². The van der Waals surface area contributed by atoms with Crippen LogP contribution in [0.1, 0.15) is 24.3 Å². The van der Waals surface area contributed by atoms with E-state index < -0.39 is 0 Å². The summed E-state index contributed by atoms with van der Waals surface area (Å²) in [5.41, 5.74) is 1.83. The second-order valence-electron chi connectivity index (χ2n) is 4.44. The smallest absolute Gasteiger partial charge is 0.161 e. The highest BCUT2D eigenvalue weighted by atomic mass is 16.6. The fourth-order valence-corrected chi connectivity index (χ4v) is 2.45. The van der Waals surface area contributed by atoms with Crippen LogP contribution >= 0.6 is 0 Å². The molecule has 1 aromatic rings. The number of Topliss-reactive ketones (excluding diaryl/α,β-unsaturated/α-hetero) is 1. The molecule has 1 unspecified atom stereocenters. The second-order valence-corrected chi connectivity index (χ2v) is 4.44. The maximum atomic E-state index is 11.5. The number of fused-ring (bicyclic) bond motifs is 1. The predicted molar refractivity (Wildman–Crippen MR) is 63.6 cm³/mol. The second kappa shape index (κ2) is 3.91. The van der Waals surface area contributed by atoms with E-state index in [2.05, 4.69) is 6.58 Å². The summed E-state index contributed by atoms with van der Waals surface area (Å²) in [6.45, 7) is 5.07. The average Bonchev–Trinajstić information content (AvgIpc) is 2.70. The van der Waals surface area contributed by atoms with Crippen molar-refractivity contribution in [3.63, 3.8) is 0 Å². The van der Waals surface area contributed by atoms with E-state index in [0.717, 1.165) is 29.1 Å². The molecule has 0 N–H and O–H groups in total. The van der Waals surface area contributed by atoms with Gasteiger partial charge in [-0.15, -0.1) is 0 Å². The number of allylic oxidation sites excluding steroid dienone is 1. The molecule has 0 aromatic heterocycles. The van der Waals surface area contributed by atoms with Gasteiger partial charge in [0.1, 0.15) is 13.2 Å². The highest BCUT2D eigenvalue weighted by Gasteiger charge is 2.28. The number of rotatable bonds is 1. The van der Waals surface area contributed by atoms with E-state index in [4.69, 9.17) is 9.47 Å². The minimum Gasteiger partial charge on any atom is -0.486 e. The Labute approximate surface area is 100 Å². The fraction of sp³-hybridized carbons (Fsp3) is 0.357. The van der Waals surface area contributed by atoms with Gasteiger partial charge in [-0.25, -0.2) is 0 Å². The molecule has 17 heavy (non-hydrogen) atoms. The molecular weight excluding hydrogens is 216 g/mol. The zero-order valence-corrected chi connectivity index (χ0v) is 9.57. The SMILES string of the molecule is C=C1C(=O)CCC1c1ccc2c(c1)OCCO2. The molecule has 1 aliphatic carbocycles. The first-order valence-corrected chi connectivity index (χ1v) is 5.87. The van der Waals surface area contributed by atoms with Crippen molar-refractivity contribution in [1.82, 2.24) is 0 Å². The Morgan fingerprint density at radius 3 is 2.65 bits per heavy atom. The zero-order valence-electron chi connectivity index (χ0n) is 9.57. The first-order chi connectivity index (χ1) is 8.25. The number of carbonyl (C=O) groups excluding carboxylic acids is 1. The van der Waals surface area contributed by atoms with Crippen LogP contribution in [0.25, 0.3) is 0 Å². The number of carbonyl (C=O) groups is 1. The lowest BCUT2D eigenvalue weighted by atomic mass is 9.94. The highest BCUT2D eigenvalue weighted by Crippen LogP contribution is 2.40. The normalized spacial score (nSPS) is 22.9. The Morgan fingerprint density at radius 2 is 1.94 bits per heavy atom. The Kier molecular flexibility index (Phi) is 2.39. The maximum absolute atomic E-state index is 11.5. The van der Waals surface area contributed by atoms with Crippen molar-refractivity contribution in [3.8, 4) is 11.5 Å². The summed E-state index contributed by atoms with van der Waals surface area (Å²) in [5.74, 6) is 1.90. The topological polar surface area (TPSA) is 35.5 Å². The van der Waals surface area contributed by atoms with Crippen molar-refractivity contribution in [2.45, 2.75) is 18.8 Å². The summed E-state index contributed by atoms with van der Waals surface area (Å²) in [6, 6.07) is 5.89. The van der Waals surface area contributed by atoms with Crippen molar-refractivity contribution in [3.05, 3.63) is 35.9 Å². The molecule has 3 nitrogen and oxygen atoms in total. The van der Waals surface area contributed by atoms with Crippen LogP contribution in [0, 0.1) is 0 Å². The third-order valence-electron chi connectivity index (χ3n) is 3.41. The minimum absolute atomic E-state index is 0.151. The van der Waals surface area contributed by atoms with Gasteiger partial charge in [0, 0.05) is 12.3 Å². The van der Waals surface area contributed by atoms with Crippen LogP contribution in [-0.2, 0) is 4.79 Å². The van der Waals surface area contributed by atoms with E-state index in [9.17, 15) is 4.79 Å². The van der Waals surface area contributed by atoms with Crippen molar-refractivity contribution in [2.75, 3.05) is 13.2 Å². The van der Waals surface area contributed by atoms with Crippen LogP contribution in [0.4, 0.5) is 0 Å². The van der Waals surface area contributed by atoms with E-state index in [1.165, 1.54) is 0 Å². The summed E-state index contributed by atoms with van der Waals surface area (Å²) in [4.78, 5) is 11.5. The van der Waals surface area contributed by atoms with Gasteiger partial charge in [-0.05, 0) is 29.7 Å². The van der Waals surface area contributed by atoms with E-state index in [0.29, 0.717) is 19.6 Å². The van der Waals surface area contributed by atoms with Gasteiger partial charge in [-0.2, -0.15) is 0 Å². The van der Waals surface area contributed by atoms with Crippen LogP contribution < -0.4 is 9.47 Å². The van der Waals surface area contributed by atoms with E-state index >= 15 is 0 Å². The Morgan fingerprint density at radius 1 is 1.18 bits per heavy atom. The molecule has 0 radical (unpaired) electrons. The van der Waals surface area contributed by atoms with Gasteiger partial charge in [0.15, 0.2) is 17.3 Å². The summed E-state index contributed by atoms with van der Waals surface area (Å²) >= 11 is 0. The standard InChI is InChI=1S/C14H14O3/c1-9-11(3-4-12(9)15)10-2-5-13-14(8-10)17-7-6-16-13/h2,5,8,11H,1,3-4,6-7H2. The third kappa shape index (κ3) is 1.71. The Balaban J connectivity index is 1.94. The lowest BCUT2D eigenvalue weighted by molar-refractivity contribution is -0.114. The summed E-state index contributed by atoms with van der Waals surface area (Å²) in [7, 11) is 0. The lowest BCUT2D eigenvalue weighted by Crippen LogP contribution is -2.15. The van der Waals surface area contributed by atoms with Gasteiger partial charge < -0.3 is 9.47 Å². The maximum Gasteiger partial charge on any atom is 0.161 e. The number of hydrogen-bond acceptors (Lipinski definition) is 3. The van der Waals surface area contributed by atoms with E-state index in [1.807, 2.05) is 18.2 Å². The Hall–Kier alpha value is -1.77. The number of ether oxygens (including phenoxy) is 2. The summed E-state index contributed by atoms with van der Waals surface area (Å²) < 4.78 is 11.0. The van der Waals surface area contributed by atoms with Crippen molar-refractivity contribution >= 4 is 5.78 Å². The first-order valence-electron chi connectivity index (χ1n) is 5.87. The Bertz CT molecular complexity index is 490. The van der Waals surface area contributed by atoms with Gasteiger partial charge in [-0.1, -0.05) is 12.6 Å². The monoisotopic (exact) mass is 230 g/mol. The van der Waals surface area contributed by atoms with Crippen molar-refractivity contribution in [1.29, 1.82) is 0 Å². The zero-order chi connectivity index (χ0) is 11.8. The molecule has 1 aliphatic heterocycles. The van der Waals surface area contributed by atoms with Gasteiger partial charge in [0.25, 0.3) is 0 Å². The van der Waals surface area contributed by atoms with Crippen LogP contribution in [0.15, 0.2) is 30.4 Å². The van der Waals surface area contributed by atoms with Crippen LogP contribution in [0.2, 0.25) is 0 Å².